The molecule has 31 heavy (non-hydrogen) atoms. The molecule has 13 heteroatoms. The summed E-state index contributed by atoms with van der Waals surface area (Å²) in [5, 5.41) is 5.38. The maximum absolute atomic E-state index is 13.1. The van der Waals surface area contributed by atoms with Crippen molar-refractivity contribution in [2.24, 2.45) is 17.8 Å². The molecule has 0 saturated heterocycles. The van der Waals surface area contributed by atoms with Crippen molar-refractivity contribution in [3.63, 3.8) is 0 Å². The normalized spacial score (nSPS) is 29.2. The van der Waals surface area contributed by atoms with E-state index >= 15 is 0 Å². The van der Waals surface area contributed by atoms with E-state index in [0.717, 1.165) is 6.92 Å². The molecule has 0 aromatic carbocycles. The van der Waals surface area contributed by atoms with Crippen molar-refractivity contribution < 1.29 is 54.3 Å². The minimum Gasteiger partial charge on any atom is -0.459 e. The van der Waals surface area contributed by atoms with Crippen LogP contribution in [-0.2, 0) is 24.4 Å². The summed E-state index contributed by atoms with van der Waals surface area (Å²) in [6.07, 6.45) is -3.86. The van der Waals surface area contributed by atoms with Gasteiger partial charge in [0, 0.05) is 0 Å². The number of alkyl halides is 5. The molecular formula is C18H25F5O7S. The summed E-state index contributed by atoms with van der Waals surface area (Å²) in [4.78, 5) is 12.1. The molecule has 0 radical (unpaired) electrons. The topological polar surface area (TPSA) is 110 Å². The Morgan fingerprint density at radius 1 is 1.13 bits per heavy atom. The summed E-state index contributed by atoms with van der Waals surface area (Å²) in [5.41, 5.74) is -3.16. The third kappa shape index (κ3) is 5.74. The first kappa shape index (κ1) is 25.9. The van der Waals surface area contributed by atoms with Gasteiger partial charge in [-0.25, -0.2) is 4.79 Å². The highest BCUT2D eigenvalue weighted by Crippen LogP contribution is 2.51. The molecule has 0 aromatic rings. The van der Waals surface area contributed by atoms with Gasteiger partial charge in [-0.15, -0.1) is 0 Å². The van der Waals surface area contributed by atoms with Crippen LogP contribution in [0, 0.1) is 17.8 Å². The Balaban J connectivity index is 1.86. The Bertz CT molecular complexity index is 794. The van der Waals surface area contributed by atoms with Crippen LogP contribution in [-0.4, -0.2) is 60.4 Å². The van der Waals surface area contributed by atoms with Crippen molar-refractivity contribution in [1.29, 1.82) is 0 Å². The van der Waals surface area contributed by atoms with Crippen molar-refractivity contribution in [3.8, 4) is 0 Å². The predicted molar refractivity (Wildman–Crippen MR) is 96.6 cm³/mol. The van der Waals surface area contributed by atoms with Gasteiger partial charge in [-0.1, -0.05) is 6.58 Å². The fraction of sp³-hybridized carbons (Fsp3) is 0.833. The lowest BCUT2D eigenvalue weighted by atomic mass is 9.69. The van der Waals surface area contributed by atoms with Gasteiger partial charge >= 0.3 is 27.5 Å². The van der Waals surface area contributed by atoms with E-state index in [9.17, 15) is 40.3 Å². The minimum absolute atomic E-state index is 0.108. The van der Waals surface area contributed by atoms with Gasteiger partial charge in [-0.3, -0.25) is 4.55 Å². The molecular weight excluding hydrogens is 455 g/mol. The lowest BCUT2D eigenvalue weighted by Crippen LogP contribution is -2.51. The highest BCUT2D eigenvalue weighted by Gasteiger charge is 2.57. The molecule has 0 amide bonds. The zero-order chi connectivity index (χ0) is 23.8. The number of esters is 1. The van der Waals surface area contributed by atoms with Gasteiger partial charge in [0.2, 0.25) is 0 Å². The van der Waals surface area contributed by atoms with E-state index in [1.54, 1.807) is 0 Å². The zero-order valence-corrected chi connectivity index (χ0v) is 17.5. The average Bonchev–Trinajstić information content (AvgIpc) is 3.01. The third-order valence-corrected chi connectivity index (χ3v) is 7.05. The molecule has 0 spiro atoms. The molecule has 2 aliphatic carbocycles. The van der Waals surface area contributed by atoms with E-state index in [1.807, 2.05) is 0 Å². The molecule has 2 saturated carbocycles. The summed E-state index contributed by atoms with van der Waals surface area (Å²) in [6, 6.07) is 0. The lowest BCUT2D eigenvalue weighted by molar-refractivity contribution is -0.277. The quantitative estimate of drug-likeness (QED) is 0.238. The van der Waals surface area contributed by atoms with E-state index in [1.165, 1.54) is 0 Å². The number of fused-ring (bicyclic) bond motifs is 1. The molecule has 0 bridgehead atoms. The standard InChI is InChI=1S/C18H25F5O7S/c1-10(8-29-9-17(19,20)31(26,27)28)15(24)30-14-6-3-11-7-12(4-5-13(11)14)16(2,25)18(21,22)23/h11-14,25H,1,3-9H2,2H3,(H,26,27,28). The molecule has 2 aliphatic rings. The third-order valence-electron chi connectivity index (χ3n) is 6.18. The molecule has 2 N–H and O–H groups in total. The maximum Gasteiger partial charge on any atom is 0.417 e. The number of carbonyl (C=O) groups excluding carboxylic acids is 1. The second kappa shape index (κ2) is 8.91. The van der Waals surface area contributed by atoms with Crippen LogP contribution in [0.5, 0.6) is 0 Å². The molecule has 5 atom stereocenters. The number of ether oxygens (including phenoxy) is 2. The molecule has 0 aliphatic heterocycles. The second-order valence-corrected chi connectivity index (χ2v) is 9.86. The van der Waals surface area contributed by atoms with Gasteiger partial charge < -0.3 is 14.6 Å². The number of carbonyl (C=O) groups is 1. The van der Waals surface area contributed by atoms with Gasteiger partial charge in [-0.05, 0) is 56.8 Å². The number of halogens is 5. The molecule has 2 rings (SSSR count). The largest absolute Gasteiger partial charge is 0.459 e. The Morgan fingerprint density at radius 3 is 2.29 bits per heavy atom. The van der Waals surface area contributed by atoms with Gasteiger partial charge in [0.05, 0.1) is 12.2 Å². The van der Waals surface area contributed by atoms with Gasteiger partial charge in [0.15, 0.2) is 5.60 Å². The first-order valence-electron chi connectivity index (χ1n) is 9.58. The molecule has 5 unspecified atom stereocenters. The highest BCUT2D eigenvalue weighted by atomic mass is 32.2. The van der Waals surface area contributed by atoms with E-state index in [4.69, 9.17) is 9.29 Å². The average molecular weight is 480 g/mol. The summed E-state index contributed by atoms with van der Waals surface area (Å²) < 4.78 is 105. The first-order chi connectivity index (χ1) is 14.0. The SMILES string of the molecule is C=C(COCC(F)(F)S(=O)(=O)O)C(=O)OC1CCC2CC(C(C)(O)C(F)(F)F)CCC21. The summed E-state index contributed by atoms with van der Waals surface area (Å²) in [6.45, 7) is 1.65. The van der Waals surface area contributed by atoms with Gasteiger partial charge in [0.25, 0.3) is 0 Å². The van der Waals surface area contributed by atoms with Crippen molar-refractivity contribution in [3.05, 3.63) is 12.2 Å². The van der Waals surface area contributed by atoms with Crippen LogP contribution >= 0.6 is 0 Å². The van der Waals surface area contributed by atoms with Crippen LogP contribution in [0.25, 0.3) is 0 Å². The smallest absolute Gasteiger partial charge is 0.417 e. The molecule has 7 nitrogen and oxygen atoms in total. The van der Waals surface area contributed by atoms with Crippen molar-refractivity contribution in [2.45, 2.75) is 62.2 Å². The lowest BCUT2D eigenvalue weighted by Gasteiger charge is -2.41. The van der Waals surface area contributed by atoms with Crippen LogP contribution in [0.15, 0.2) is 12.2 Å². The molecule has 0 heterocycles. The van der Waals surface area contributed by atoms with Crippen LogP contribution in [0.3, 0.4) is 0 Å². The predicted octanol–water partition coefficient (Wildman–Crippen LogP) is 3.09. The van der Waals surface area contributed by atoms with Gasteiger partial charge in [0.1, 0.15) is 12.7 Å². The van der Waals surface area contributed by atoms with Crippen molar-refractivity contribution in [1.82, 2.24) is 0 Å². The van der Waals surface area contributed by atoms with Crippen LogP contribution < -0.4 is 0 Å². The second-order valence-electron chi connectivity index (χ2n) is 8.31. The number of aliphatic hydroxyl groups is 1. The fourth-order valence-electron chi connectivity index (χ4n) is 4.24. The van der Waals surface area contributed by atoms with E-state index < -0.39 is 58.4 Å². The summed E-state index contributed by atoms with van der Waals surface area (Å²) in [5.74, 6) is -2.27. The zero-order valence-electron chi connectivity index (χ0n) is 16.7. The number of hydrogen-bond acceptors (Lipinski definition) is 6. The number of rotatable bonds is 8. The van der Waals surface area contributed by atoms with Crippen LogP contribution in [0.4, 0.5) is 22.0 Å². The Hall–Kier alpha value is -1.31. The van der Waals surface area contributed by atoms with E-state index in [2.05, 4.69) is 11.3 Å². The van der Waals surface area contributed by atoms with Crippen molar-refractivity contribution in [2.75, 3.05) is 13.2 Å². The van der Waals surface area contributed by atoms with Crippen molar-refractivity contribution >= 4 is 16.1 Å². The summed E-state index contributed by atoms with van der Waals surface area (Å²) >= 11 is 0. The van der Waals surface area contributed by atoms with Crippen LogP contribution in [0.2, 0.25) is 0 Å². The minimum atomic E-state index is -5.67. The van der Waals surface area contributed by atoms with Gasteiger partial charge in [-0.2, -0.15) is 30.4 Å². The Labute approximate surface area is 176 Å². The van der Waals surface area contributed by atoms with Crippen LogP contribution in [0.1, 0.15) is 39.0 Å². The monoisotopic (exact) mass is 480 g/mol. The van der Waals surface area contributed by atoms with E-state index in [-0.39, 0.29) is 30.3 Å². The molecule has 0 aromatic heterocycles. The molecule has 2 fully saturated rings. The Morgan fingerprint density at radius 2 is 1.74 bits per heavy atom. The molecule has 180 valence electrons. The summed E-state index contributed by atoms with van der Waals surface area (Å²) in [7, 11) is -5.67. The maximum atomic E-state index is 13.1. The highest BCUT2D eigenvalue weighted by molar-refractivity contribution is 7.86. The first-order valence-corrected chi connectivity index (χ1v) is 11.0. The number of hydrogen-bond donors (Lipinski definition) is 2. The fourth-order valence-corrected chi connectivity index (χ4v) is 4.47. The Kier molecular flexibility index (Phi) is 7.46. The van der Waals surface area contributed by atoms with E-state index in [0.29, 0.717) is 19.3 Å².